The topological polar surface area (TPSA) is 78.4 Å². The predicted octanol–water partition coefficient (Wildman–Crippen LogP) is -0.282. The zero-order valence-corrected chi connectivity index (χ0v) is 8.25. The summed E-state index contributed by atoms with van der Waals surface area (Å²) in [6.45, 7) is 2.37. The van der Waals surface area contributed by atoms with Crippen LogP contribution in [0.15, 0.2) is 0 Å². The van der Waals surface area contributed by atoms with Crippen LogP contribution in [0.2, 0.25) is 0 Å². The van der Waals surface area contributed by atoms with Crippen molar-refractivity contribution in [3.63, 3.8) is 0 Å². The minimum absolute atomic E-state index is 0.197. The molecule has 1 saturated heterocycles. The number of hydrogen-bond donors (Lipinski definition) is 3. The van der Waals surface area contributed by atoms with Crippen molar-refractivity contribution in [1.82, 2.24) is 10.6 Å². The second-order valence-corrected chi connectivity index (χ2v) is 3.50. The third-order valence-electron chi connectivity index (χ3n) is 2.35. The van der Waals surface area contributed by atoms with Gasteiger partial charge in [-0.1, -0.05) is 19.8 Å². The summed E-state index contributed by atoms with van der Waals surface area (Å²) < 4.78 is 0. The molecule has 1 rings (SSSR count). The van der Waals surface area contributed by atoms with Crippen molar-refractivity contribution in [1.29, 1.82) is 0 Å². The van der Waals surface area contributed by atoms with Crippen LogP contribution in [-0.4, -0.2) is 35.6 Å². The zero-order chi connectivity index (χ0) is 10.6. The first-order chi connectivity index (χ1) is 6.65. The normalized spacial score (nSPS) is 27.1. The summed E-state index contributed by atoms with van der Waals surface area (Å²) in [5.74, 6) is -1.18. The SMILES string of the molecule is CCCCC1NCC(C(=O)O)NC1=O. The van der Waals surface area contributed by atoms with E-state index >= 15 is 0 Å². The van der Waals surface area contributed by atoms with E-state index in [2.05, 4.69) is 17.6 Å². The molecule has 5 nitrogen and oxygen atoms in total. The van der Waals surface area contributed by atoms with Gasteiger partial charge >= 0.3 is 5.97 Å². The number of aliphatic carboxylic acids is 1. The highest BCUT2D eigenvalue weighted by Gasteiger charge is 2.30. The van der Waals surface area contributed by atoms with Gasteiger partial charge in [-0.05, 0) is 6.42 Å². The molecule has 2 atom stereocenters. The van der Waals surface area contributed by atoms with Crippen molar-refractivity contribution in [3.05, 3.63) is 0 Å². The first-order valence-electron chi connectivity index (χ1n) is 4.91. The monoisotopic (exact) mass is 200 g/mol. The van der Waals surface area contributed by atoms with Crippen molar-refractivity contribution in [2.24, 2.45) is 0 Å². The van der Waals surface area contributed by atoms with Gasteiger partial charge in [-0.2, -0.15) is 0 Å². The van der Waals surface area contributed by atoms with E-state index < -0.39 is 12.0 Å². The summed E-state index contributed by atoms with van der Waals surface area (Å²) in [5.41, 5.74) is 0. The first-order valence-corrected chi connectivity index (χ1v) is 4.91. The van der Waals surface area contributed by atoms with Crippen LogP contribution in [0.4, 0.5) is 0 Å². The van der Waals surface area contributed by atoms with Crippen LogP contribution in [0.3, 0.4) is 0 Å². The van der Waals surface area contributed by atoms with Gasteiger partial charge in [0.25, 0.3) is 0 Å². The number of rotatable bonds is 4. The van der Waals surface area contributed by atoms with Crippen LogP contribution >= 0.6 is 0 Å². The van der Waals surface area contributed by atoms with E-state index in [9.17, 15) is 9.59 Å². The largest absolute Gasteiger partial charge is 0.480 e. The lowest BCUT2D eigenvalue weighted by Crippen LogP contribution is -2.60. The number of unbranched alkanes of at least 4 members (excludes halogenated alkanes) is 1. The highest BCUT2D eigenvalue weighted by molar-refractivity contribution is 5.88. The Morgan fingerprint density at radius 3 is 2.86 bits per heavy atom. The summed E-state index contributed by atoms with van der Waals surface area (Å²) in [5, 5.41) is 14.1. The highest BCUT2D eigenvalue weighted by Crippen LogP contribution is 2.04. The molecule has 1 aliphatic heterocycles. The maximum Gasteiger partial charge on any atom is 0.327 e. The fraction of sp³-hybridized carbons (Fsp3) is 0.778. The molecule has 2 unspecified atom stereocenters. The predicted molar refractivity (Wildman–Crippen MR) is 50.9 cm³/mol. The van der Waals surface area contributed by atoms with E-state index in [1.54, 1.807) is 0 Å². The van der Waals surface area contributed by atoms with Gasteiger partial charge in [-0.3, -0.25) is 4.79 Å². The molecule has 1 heterocycles. The van der Waals surface area contributed by atoms with Gasteiger partial charge in [0, 0.05) is 6.54 Å². The molecule has 1 fully saturated rings. The minimum Gasteiger partial charge on any atom is -0.480 e. The lowest BCUT2D eigenvalue weighted by molar-refractivity contribution is -0.143. The average molecular weight is 200 g/mol. The fourth-order valence-corrected chi connectivity index (χ4v) is 1.47. The number of nitrogens with one attached hydrogen (secondary N) is 2. The Morgan fingerprint density at radius 1 is 1.64 bits per heavy atom. The Morgan fingerprint density at radius 2 is 2.36 bits per heavy atom. The molecule has 0 aromatic heterocycles. The van der Waals surface area contributed by atoms with Crippen molar-refractivity contribution in [3.8, 4) is 0 Å². The number of carboxylic acids is 1. The second kappa shape index (κ2) is 4.95. The number of amides is 1. The number of carboxylic acid groups (broad SMARTS) is 1. The second-order valence-electron chi connectivity index (χ2n) is 3.50. The van der Waals surface area contributed by atoms with Crippen LogP contribution in [-0.2, 0) is 9.59 Å². The van der Waals surface area contributed by atoms with Crippen LogP contribution in [0.1, 0.15) is 26.2 Å². The van der Waals surface area contributed by atoms with Crippen LogP contribution < -0.4 is 10.6 Å². The van der Waals surface area contributed by atoms with Gasteiger partial charge in [0.2, 0.25) is 5.91 Å². The van der Waals surface area contributed by atoms with E-state index in [0.717, 1.165) is 19.3 Å². The smallest absolute Gasteiger partial charge is 0.327 e. The molecule has 1 aliphatic rings. The van der Waals surface area contributed by atoms with Crippen molar-refractivity contribution >= 4 is 11.9 Å². The number of carbonyl (C=O) groups is 2. The standard InChI is InChI=1S/C9H16N2O3/c1-2-3-4-6-8(12)11-7(5-10-6)9(13)14/h6-7,10H,2-5H2,1H3,(H,11,12)(H,13,14). The van der Waals surface area contributed by atoms with E-state index in [1.807, 2.05) is 0 Å². The molecule has 0 aromatic carbocycles. The fourth-order valence-electron chi connectivity index (χ4n) is 1.47. The summed E-state index contributed by atoms with van der Waals surface area (Å²) >= 11 is 0. The third-order valence-corrected chi connectivity index (χ3v) is 2.35. The molecular weight excluding hydrogens is 184 g/mol. The molecule has 5 heteroatoms. The van der Waals surface area contributed by atoms with Gasteiger partial charge in [0.05, 0.1) is 6.04 Å². The van der Waals surface area contributed by atoms with Crippen molar-refractivity contribution in [2.45, 2.75) is 38.3 Å². The molecule has 0 aromatic rings. The van der Waals surface area contributed by atoms with Crippen molar-refractivity contribution in [2.75, 3.05) is 6.54 Å². The molecule has 0 saturated carbocycles. The van der Waals surface area contributed by atoms with E-state index in [4.69, 9.17) is 5.11 Å². The Kier molecular flexibility index (Phi) is 3.88. The lowest BCUT2D eigenvalue weighted by atomic mass is 10.1. The summed E-state index contributed by atoms with van der Waals surface area (Å²) in [4.78, 5) is 21.9. The summed E-state index contributed by atoms with van der Waals surface area (Å²) in [7, 11) is 0. The quantitative estimate of drug-likeness (QED) is 0.583. The first kappa shape index (κ1) is 11.0. The van der Waals surface area contributed by atoms with Crippen molar-refractivity contribution < 1.29 is 14.7 Å². The van der Waals surface area contributed by atoms with Gasteiger partial charge in [0.15, 0.2) is 0 Å². The van der Waals surface area contributed by atoms with Gasteiger partial charge in [-0.15, -0.1) is 0 Å². The van der Waals surface area contributed by atoms with Gasteiger partial charge in [0.1, 0.15) is 6.04 Å². The molecule has 1 amide bonds. The average Bonchev–Trinajstić information content (AvgIpc) is 2.15. The number of hydrogen-bond acceptors (Lipinski definition) is 3. The number of piperazine rings is 1. The Hall–Kier alpha value is -1.10. The Labute approximate surface area is 82.9 Å². The summed E-state index contributed by atoms with van der Waals surface area (Å²) in [6.07, 6.45) is 2.78. The van der Waals surface area contributed by atoms with E-state index in [-0.39, 0.29) is 11.9 Å². The van der Waals surface area contributed by atoms with E-state index in [1.165, 1.54) is 0 Å². The van der Waals surface area contributed by atoms with Gasteiger partial charge in [-0.25, -0.2) is 4.79 Å². The zero-order valence-electron chi connectivity index (χ0n) is 8.25. The molecule has 0 aliphatic carbocycles. The lowest BCUT2D eigenvalue weighted by Gasteiger charge is -2.27. The maximum absolute atomic E-state index is 11.4. The third kappa shape index (κ3) is 2.70. The van der Waals surface area contributed by atoms with Crippen LogP contribution in [0, 0.1) is 0 Å². The van der Waals surface area contributed by atoms with Crippen LogP contribution in [0.5, 0.6) is 0 Å². The molecule has 14 heavy (non-hydrogen) atoms. The Bertz CT molecular complexity index is 230. The van der Waals surface area contributed by atoms with E-state index in [0.29, 0.717) is 6.54 Å². The van der Waals surface area contributed by atoms with Crippen LogP contribution in [0.25, 0.3) is 0 Å². The molecule has 0 radical (unpaired) electrons. The van der Waals surface area contributed by atoms with Gasteiger partial charge < -0.3 is 15.7 Å². The Balaban J connectivity index is 2.40. The molecular formula is C9H16N2O3. The molecule has 80 valence electrons. The summed E-state index contributed by atoms with van der Waals surface area (Å²) in [6, 6.07) is -0.995. The minimum atomic E-state index is -0.986. The maximum atomic E-state index is 11.4. The molecule has 0 bridgehead atoms. The molecule has 3 N–H and O–H groups in total. The highest BCUT2D eigenvalue weighted by atomic mass is 16.4. The molecule has 0 spiro atoms. The number of carbonyl (C=O) groups excluding carboxylic acids is 1.